The molecule has 0 fully saturated rings. The molecular formula is C20H22F2O3. The van der Waals surface area contributed by atoms with Crippen LogP contribution in [0.2, 0.25) is 0 Å². The van der Waals surface area contributed by atoms with Crippen LogP contribution >= 0.6 is 0 Å². The first-order valence-electron chi connectivity index (χ1n) is 8.49. The lowest BCUT2D eigenvalue weighted by Crippen LogP contribution is -2.02. The molecule has 0 saturated heterocycles. The first-order chi connectivity index (χ1) is 12.0. The van der Waals surface area contributed by atoms with Crippen LogP contribution in [0.3, 0.4) is 0 Å². The summed E-state index contributed by atoms with van der Waals surface area (Å²) < 4.78 is 33.8. The molecule has 0 aromatic heterocycles. The minimum absolute atomic E-state index is 0.0738. The minimum Gasteiger partial charge on any atom is -0.490 e. The molecule has 3 nitrogen and oxygen atoms in total. The first-order valence-corrected chi connectivity index (χ1v) is 8.49. The third kappa shape index (κ3) is 5.02. The van der Waals surface area contributed by atoms with Crippen LogP contribution in [0.5, 0.6) is 5.75 Å². The number of carboxylic acid groups (broad SMARTS) is 1. The highest BCUT2D eigenvalue weighted by molar-refractivity contribution is 5.88. The van der Waals surface area contributed by atoms with Gasteiger partial charge >= 0.3 is 5.97 Å². The van der Waals surface area contributed by atoms with Crippen molar-refractivity contribution in [2.45, 2.75) is 39.0 Å². The van der Waals surface area contributed by atoms with Crippen LogP contribution in [0.25, 0.3) is 11.1 Å². The van der Waals surface area contributed by atoms with Crippen LogP contribution < -0.4 is 4.74 Å². The summed E-state index contributed by atoms with van der Waals surface area (Å²) in [5.41, 5.74) is 0.574. The van der Waals surface area contributed by atoms with Gasteiger partial charge in [0, 0.05) is 5.56 Å². The fourth-order valence-corrected chi connectivity index (χ4v) is 2.55. The Labute approximate surface area is 146 Å². The smallest absolute Gasteiger partial charge is 0.335 e. The fraction of sp³-hybridized carbons (Fsp3) is 0.350. The topological polar surface area (TPSA) is 46.5 Å². The van der Waals surface area contributed by atoms with E-state index < -0.39 is 17.6 Å². The largest absolute Gasteiger partial charge is 0.490 e. The first kappa shape index (κ1) is 18.9. The monoisotopic (exact) mass is 348 g/mol. The summed E-state index contributed by atoms with van der Waals surface area (Å²) in [6.45, 7) is 2.48. The summed E-state index contributed by atoms with van der Waals surface area (Å²) in [5, 5.41) is 8.88. The molecule has 25 heavy (non-hydrogen) atoms. The zero-order valence-electron chi connectivity index (χ0n) is 14.2. The summed E-state index contributed by atoms with van der Waals surface area (Å²) in [6, 6.07) is 8.47. The van der Waals surface area contributed by atoms with E-state index >= 15 is 0 Å². The number of hydrogen-bond acceptors (Lipinski definition) is 2. The van der Waals surface area contributed by atoms with Crippen molar-refractivity contribution < 1.29 is 23.4 Å². The summed E-state index contributed by atoms with van der Waals surface area (Å²) in [4.78, 5) is 10.8. The molecule has 0 atom stereocenters. The van der Waals surface area contributed by atoms with Crippen molar-refractivity contribution in [3.05, 3.63) is 53.6 Å². The molecular weight excluding hydrogens is 326 g/mol. The van der Waals surface area contributed by atoms with Crippen molar-refractivity contribution in [2.24, 2.45) is 0 Å². The molecule has 0 amide bonds. The van der Waals surface area contributed by atoms with E-state index in [1.165, 1.54) is 42.8 Å². The summed E-state index contributed by atoms with van der Waals surface area (Å²) >= 11 is 0. The molecule has 1 N–H and O–H groups in total. The average molecular weight is 348 g/mol. The van der Waals surface area contributed by atoms with Crippen LogP contribution in [-0.2, 0) is 0 Å². The maximum Gasteiger partial charge on any atom is 0.335 e. The van der Waals surface area contributed by atoms with Crippen LogP contribution in [0.1, 0.15) is 49.4 Å². The second-order valence-electron chi connectivity index (χ2n) is 5.88. The van der Waals surface area contributed by atoms with E-state index in [1.807, 2.05) is 0 Å². The average Bonchev–Trinajstić information content (AvgIpc) is 2.61. The maximum absolute atomic E-state index is 14.3. The molecule has 0 aliphatic heterocycles. The molecule has 2 rings (SSSR count). The Morgan fingerprint density at radius 3 is 2.28 bits per heavy atom. The zero-order valence-corrected chi connectivity index (χ0v) is 14.2. The van der Waals surface area contributed by atoms with Gasteiger partial charge in [0.15, 0.2) is 11.6 Å². The highest BCUT2D eigenvalue weighted by Gasteiger charge is 2.16. The Kier molecular flexibility index (Phi) is 6.92. The number of ether oxygens (including phenoxy) is 1. The fourth-order valence-electron chi connectivity index (χ4n) is 2.55. The predicted molar refractivity (Wildman–Crippen MR) is 93.0 cm³/mol. The van der Waals surface area contributed by atoms with E-state index in [4.69, 9.17) is 9.84 Å². The maximum atomic E-state index is 14.3. The van der Waals surface area contributed by atoms with Gasteiger partial charge in [0.25, 0.3) is 0 Å². The van der Waals surface area contributed by atoms with E-state index in [9.17, 15) is 13.6 Å². The molecule has 0 aliphatic rings. The van der Waals surface area contributed by atoms with Crippen LogP contribution in [0.4, 0.5) is 8.78 Å². The lowest BCUT2D eigenvalue weighted by Gasteiger charge is -2.10. The Hall–Kier alpha value is -2.43. The molecule has 0 unspecified atom stereocenters. The molecule has 5 heteroatoms. The molecule has 2 aromatic rings. The van der Waals surface area contributed by atoms with Gasteiger partial charge in [-0.1, -0.05) is 44.7 Å². The van der Waals surface area contributed by atoms with Crippen molar-refractivity contribution in [3.8, 4) is 16.9 Å². The van der Waals surface area contributed by atoms with Gasteiger partial charge in [0.2, 0.25) is 5.82 Å². The van der Waals surface area contributed by atoms with Crippen LogP contribution in [0, 0.1) is 11.6 Å². The van der Waals surface area contributed by atoms with Gasteiger partial charge in [0.05, 0.1) is 12.2 Å². The van der Waals surface area contributed by atoms with Gasteiger partial charge in [-0.05, 0) is 36.2 Å². The molecule has 0 bridgehead atoms. The Morgan fingerprint density at radius 1 is 0.960 bits per heavy atom. The Bertz CT molecular complexity index is 712. The lowest BCUT2D eigenvalue weighted by atomic mass is 10.0. The number of halogens is 2. The standard InChI is InChI=1S/C20H22F2O3/c1-2-3-4-5-6-13-25-17-12-11-16(18(21)19(17)22)14-7-9-15(10-8-14)20(23)24/h7-12H,2-6,13H2,1H3,(H,23,24). The van der Waals surface area contributed by atoms with Crippen LogP contribution in [-0.4, -0.2) is 17.7 Å². The van der Waals surface area contributed by atoms with Crippen molar-refractivity contribution in [2.75, 3.05) is 6.61 Å². The quantitative estimate of drug-likeness (QED) is 0.593. The van der Waals surface area contributed by atoms with Gasteiger partial charge in [-0.3, -0.25) is 0 Å². The minimum atomic E-state index is -1.07. The highest BCUT2D eigenvalue weighted by Crippen LogP contribution is 2.30. The second kappa shape index (κ2) is 9.16. The summed E-state index contributed by atoms with van der Waals surface area (Å²) in [6.07, 6.45) is 5.24. The number of carboxylic acids is 1. The predicted octanol–water partition coefficient (Wildman–Crippen LogP) is 5.68. The summed E-state index contributed by atoms with van der Waals surface area (Å²) in [5.74, 6) is -3.18. The van der Waals surface area contributed by atoms with E-state index in [1.54, 1.807) is 0 Å². The molecule has 0 radical (unpaired) electrons. The number of aromatic carboxylic acids is 1. The van der Waals surface area contributed by atoms with Gasteiger partial charge in [-0.15, -0.1) is 0 Å². The number of carbonyl (C=O) groups is 1. The van der Waals surface area contributed by atoms with Gasteiger partial charge in [-0.2, -0.15) is 4.39 Å². The number of benzene rings is 2. The lowest BCUT2D eigenvalue weighted by molar-refractivity contribution is 0.0697. The molecule has 134 valence electrons. The second-order valence-corrected chi connectivity index (χ2v) is 5.88. The number of rotatable bonds is 9. The van der Waals surface area contributed by atoms with E-state index in [-0.39, 0.29) is 16.9 Å². The van der Waals surface area contributed by atoms with E-state index in [0.717, 1.165) is 25.7 Å². The molecule has 0 spiro atoms. The Balaban J connectivity index is 2.05. The van der Waals surface area contributed by atoms with Crippen LogP contribution in [0.15, 0.2) is 36.4 Å². The number of unbranched alkanes of at least 4 members (excludes halogenated alkanes) is 4. The third-order valence-corrected chi connectivity index (χ3v) is 4.00. The number of hydrogen-bond donors (Lipinski definition) is 1. The van der Waals surface area contributed by atoms with Gasteiger partial charge in [0.1, 0.15) is 0 Å². The van der Waals surface area contributed by atoms with Crippen molar-refractivity contribution >= 4 is 5.97 Å². The van der Waals surface area contributed by atoms with Gasteiger partial charge < -0.3 is 9.84 Å². The zero-order chi connectivity index (χ0) is 18.2. The highest BCUT2D eigenvalue weighted by atomic mass is 19.2. The van der Waals surface area contributed by atoms with Crippen molar-refractivity contribution in [1.29, 1.82) is 0 Å². The summed E-state index contributed by atoms with van der Waals surface area (Å²) in [7, 11) is 0. The SMILES string of the molecule is CCCCCCCOc1ccc(-c2ccc(C(=O)O)cc2)c(F)c1F. The Morgan fingerprint density at radius 2 is 1.64 bits per heavy atom. The molecule has 2 aromatic carbocycles. The van der Waals surface area contributed by atoms with Gasteiger partial charge in [-0.25, -0.2) is 9.18 Å². The van der Waals surface area contributed by atoms with Crippen molar-refractivity contribution in [3.63, 3.8) is 0 Å². The third-order valence-electron chi connectivity index (χ3n) is 4.00. The van der Waals surface area contributed by atoms with E-state index in [0.29, 0.717) is 12.2 Å². The normalized spacial score (nSPS) is 10.7. The van der Waals surface area contributed by atoms with Crippen molar-refractivity contribution in [1.82, 2.24) is 0 Å². The molecule has 0 saturated carbocycles. The molecule has 0 heterocycles. The molecule has 0 aliphatic carbocycles. The van der Waals surface area contributed by atoms with E-state index in [2.05, 4.69) is 6.92 Å².